The van der Waals surface area contributed by atoms with Crippen molar-refractivity contribution in [1.29, 1.82) is 0 Å². The molecular formula is C23H42N10O5S. The average molecular weight is 571 g/mol. The van der Waals surface area contributed by atoms with Crippen molar-refractivity contribution in [2.45, 2.75) is 69.1 Å². The van der Waals surface area contributed by atoms with E-state index in [2.05, 4.69) is 30.9 Å². The van der Waals surface area contributed by atoms with Crippen LogP contribution in [0.1, 0.15) is 44.2 Å². The third-order valence-corrected chi connectivity index (χ3v) is 6.37. The number of nitrogens with one attached hydrogen (secondary N) is 4. The van der Waals surface area contributed by atoms with E-state index in [1.54, 1.807) is 0 Å². The lowest BCUT2D eigenvalue weighted by molar-refractivity contribution is -0.142. The normalized spacial score (nSPS) is 13.9. The van der Waals surface area contributed by atoms with E-state index in [9.17, 15) is 24.3 Å². The molecule has 39 heavy (non-hydrogen) atoms. The summed E-state index contributed by atoms with van der Waals surface area (Å²) in [5.41, 5.74) is 22.7. The molecule has 4 atom stereocenters. The lowest BCUT2D eigenvalue weighted by Crippen LogP contribution is -2.57. The Kier molecular flexibility index (Phi) is 16.2. The number of carboxylic acid groups (broad SMARTS) is 1. The molecule has 0 saturated heterocycles. The van der Waals surface area contributed by atoms with Gasteiger partial charge in [0.25, 0.3) is 0 Å². The molecule has 0 saturated carbocycles. The molecule has 0 radical (unpaired) electrons. The molecule has 3 amide bonds. The summed E-state index contributed by atoms with van der Waals surface area (Å²) in [6.45, 7) is 0.623. The van der Waals surface area contributed by atoms with Gasteiger partial charge in [-0.05, 0) is 57.1 Å². The van der Waals surface area contributed by atoms with Crippen molar-refractivity contribution in [3.63, 3.8) is 0 Å². The smallest absolute Gasteiger partial charge is 0.326 e. The first kappa shape index (κ1) is 33.7. The topological polar surface area (TPSA) is 270 Å². The van der Waals surface area contributed by atoms with Crippen LogP contribution in [0.15, 0.2) is 17.5 Å². The number of unbranched alkanes of at least 4 members (excludes halogenated alkanes) is 1. The maximum atomic E-state index is 13.3. The minimum Gasteiger partial charge on any atom is -0.480 e. The number of carboxylic acids is 1. The van der Waals surface area contributed by atoms with Crippen molar-refractivity contribution in [3.05, 3.63) is 18.2 Å². The number of aromatic amines is 1. The van der Waals surface area contributed by atoms with Crippen LogP contribution >= 0.6 is 11.8 Å². The number of carbonyl (C=O) groups is 4. The van der Waals surface area contributed by atoms with Crippen molar-refractivity contribution in [1.82, 2.24) is 25.9 Å². The Morgan fingerprint density at radius 3 is 2.23 bits per heavy atom. The van der Waals surface area contributed by atoms with Gasteiger partial charge in [0.15, 0.2) is 5.96 Å². The molecule has 1 heterocycles. The first-order valence-corrected chi connectivity index (χ1v) is 14.1. The predicted molar refractivity (Wildman–Crippen MR) is 150 cm³/mol. The highest BCUT2D eigenvalue weighted by Crippen LogP contribution is 2.07. The number of imidazole rings is 1. The van der Waals surface area contributed by atoms with Gasteiger partial charge in [-0.1, -0.05) is 0 Å². The van der Waals surface area contributed by atoms with Crippen LogP contribution in [0.3, 0.4) is 0 Å². The van der Waals surface area contributed by atoms with Gasteiger partial charge >= 0.3 is 5.97 Å². The first-order chi connectivity index (χ1) is 18.6. The lowest BCUT2D eigenvalue weighted by Gasteiger charge is -2.25. The lowest BCUT2D eigenvalue weighted by atomic mass is 10.1. The summed E-state index contributed by atoms with van der Waals surface area (Å²) in [4.78, 5) is 61.5. The van der Waals surface area contributed by atoms with E-state index >= 15 is 0 Å². The molecule has 0 aromatic carbocycles. The molecule has 0 bridgehead atoms. The number of guanidine groups is 1. The highest BCUT2D eigenvalue weighted by Gasteiger charge is 2.30. The Balaban J connectivity index is 3.06. The number of rotatable bonds is 20. The second kappa shape index (κ2) is 18.8. The van der Waals surface area contributed by atoms with E-state index in [1.165, 1.54) is 24.3 Å². The predicted octanol–water partition coefficient (Wildman–Crippen LogP) is -2.25. The van der Waals surface area contributed by atoms with Gasteiger partial charge in [0.2, 0.25) is 17.7 Å². The Morgan fingerprint density at radius 2 is 1.64 bits per heavy atom. The number of aliphatic imine (C=N–C) groups is 1. The van der Waals surface area contributed by atoms with Crippen LogP contribution in [0.2, 0.25) is 0 Å². The quantitative estimate of drug-likeness (QED) is 0.0459. The summed E-state index contributed by atoms with van der Waals surface area (Å²) in [7, 11) is 0. The molecule has 13 N–H and O–H groups in total. The number of hydrogen-bond donors (Lipinski definition) is 9. The highest BCUT2D eigenvalue weighted by atomic mass is 32.2. The van der Waals surface area contributed by atoms with Gasteiger partial charge in [0.1, 0.15) is 18.1 Å². The summed E-state index contributed by atoms with van der Waals surface area (Å²) >= 11 is 1.54. The van der Waals surface area contributed by atoms with Crippen LogP contribution < -0.4 is 38.9 Å². The van der Waals surface area contributed by atoms with Crippen molar-refractivity contribution >= 4 is 41.4 Å². The van der Waals surface area contributed by atoms with Gasteiger partial charge in [-0.15, -0.1) is 0 Å². The minimum atomic E-state index is -1.20. The fourth-order valence-electron chi connectivity index (χ4n) is 3.55. The van der Waals surface area contributed by atoms with E-state index in [4.69, 9.17) is 22.9 Å². The van der Waals surface area contributed by atoms with Crippen molar-refractivity contribution < 1.29 is 24.3 Å². The Bertz CT molecular complexity index is 926. The number of nitrogens with zero attached hydrogens (tertiary/aromatic N) is 2. The Hall–Kier alpha value is -3.37. The standard InChI is InChI=1S/C23H42N10O5S/c1-39-10-7-15(25)19(34)31-16(6-4-9-29-23(26)27)20(35)33-18(11-14-12-28-13-30-14)21(36)32-17(22(37)38)5-2-3-8-24/h12-13,15-18H,2-11,24-25H2,1H3,(H,28,30)(H,31,34)(H,32,36)(H,33,35)(H,37,38)(H4,26,27,29)/t15-,16-,17-,18-/m0/s1. The number of nitrogens with two attached hydrogens (primary N) is 4. The molecule has 1 aromatic rings. The van der Waals surface area contributed by atoms with E-state index < -0.39 is 47.9 Å². The Labute approximate surface area is 232 Å². The average Bonchev–Trinajstić information content (AvgIpc) is 3.40. The molecule has 220 valence electrons. The van der Waals surface area contributed by atoms with Gasteiger partial charge in [0.05, 0.1) is 12.4 Å². The highest BCUT2D eigenvalue weighted by molar-refractivity contribution is 7.98. The molecule has 0 fully saturated rings. The zero-order chi connectivity index (χ0) is 29.2. The summed E-state index contributed by atoms with van der Waals surface area (Å²) in [5.74, 6) is -2.48. The van der Waals surface area contributed by atoms with Crippen molar-refractivity contribution in [2.75, 3.05) is 25.1 Å². The van der Waals surface area contributed by atoms with E-state index in [1.807, 2.05) is 6.26 Å². The molecule has 0 aliphatic heterocycles. The summed E-state index contributed by atoms with van der Waals surface area (Å²) in [6, 6.07) is -4.17. The molecule has 0 aliphatic rings. The van der Waals surface area contributed by atoms with Crippen LogP contribution in [0.5, 0.6) is 0 Å². The van der Waals surface area contributed by atoms with Gasteiger partial charge in [0, 0.05) is 24.9 Å². The van der Waals surface area contributed by atoms with E-state index in [0.29, 0.717) is 43.7 Å². The van der Waals surface area contributed by atoms with Crippen molar-refractivity contribution in [2.24, 2.45) is 27.9 Å². The van der Waals surface area contributed by atoms with Gasteiger partial charge in [-0.3, -0.25) is 19.4 Å². The molecule has 0 spiro atoms. The summed E-state index contributed by atoms with van der Waals surface area (Å²) in [5, 5.41) is 17.4. The molecular weight excluding hydrogens is 528 g/mol. The number of H-pyrrole nitrogens is 1. The molecule has 15 nitrogen and oxygen atoms in total. The fourth-order valence-corrected chi connectivity index (χ4v) is 4.04. The monoisotopic (exact) mass is 570 g/mol. The van der Waals surface area contributed by atoms with Crippen LogP contribution in [0.4, 0.5) is 0 Å². The number of carbonyl (C=O) groups excluding carboxylic acids is 3. The third kappa shape index (κ3) is 13.8. The van der Waals surface area contributed by atoms with Crippen LogP contribution in [0, 0.1) is 0 Å². The first-order valence-electron chi connectivity index (χ1n) is 12.7. The molecule has 0 unspecified atom stereocenters. The van der Waals surface area contributed by atoms with Gasteiger partial charge < -0.3 is 49.0 Å². The van der Waals surface area contributed by atoms with Gasteiger partial charge in [-0.25, -0.2) is 9.78 Å². The third-order valence-electron chi connectivity index (χ3n) is 5.72. The summed E-state index contributed by atoms with van der Waals surface area (Å²) in [6.07, 6.45) is 7.04. The number of amides is 3. The van der Waals surface area contributed by atoms with Crippen LogP contribution in [-0.4, -0.2) is 94.0 Å². The summed E-state index contributed by atoms with van der Waals surface area (Å²) < 4.78 is 0. The number of aliphatic carboxylic acids is 1. The molecule has 1 rings (SSSR count). The van der Waals surface area contributed by atoms with E-state index in [-0.39, 0.29) is 31.8 Å². The maximum Gasteiger partial charge on any atom is 0.326 e. The molecule has 0 aliphatic carbocycles. The fraction of sp³-hybridized carbons (Fsp3) is 0.652. The molecule has 16 heteroatoms. The largest absolute Gasteiger partial charge is 0.480 e. The van der Waals surface area contributed by atoms with Crippen LogP contribution in [0.25, 0.3) is 0 Å². The molecule has 1 aromatic heterocycles. The number of hydrogen-bond acceptors (Lipinski definition) is 9. The maximum absolute atomic E-state index is 13.3. The minimum absolute atomic E-state index is 0.00855. The van der Waals surface area contributed by atoms with Crippen LogP contribution in [-0.2, 0) is 25.6 Å². The number of thioether (sulfide) groups is 1. The second-order valence-electron chi connectivity index (χ2n) is 8.92. The van der Waals surface area contributed by atoms with Gasteiger partial charge in [-0.2, -0.15) is 11.8 Å². The zero-order valence-electron chi connectivity index (χ0n) is 22.2. The SMILES string of the molecule is CSCC[C@H](N)C(=O)N[C@@H](CCCN=C(N)N)C(=O)N[C@@H](Cc1cnc[nH]1)C(=O)N[C@@H](CCCCN)C(=O)O. The number of aromatic nitrogens is 2. The Morgan fingerprint density at radius 1 is 1.00 bits per heavy atom. The second-order valence-corrected chi connectivity index (χ2v) is 9.91. The van der Waals surface area contributed by atoms with E-state index in [0.717, 1.165) is 0 Å². The zero-order valence-corrected chi connectivity index (χ0v) is 23.0. The van der Waals surface area contributed by atoms with Crippen molar-refractivity contribution in [3.8, 4) is 0 Å².